The largest absolute Gasteiger partial charge is 0.363 e. The van der Waals surface area contributed by atoms with Crippen LogP contribution in [0.4, 0.5) is 0 Å². The molecule has 5 aromatic rings. The molecule has 27 heavy (non-hydrogen) atoms. The smallest absolute Gasteiger partial charge is 0.280 e. The van der Waals surface area contributed by atoms with E-state index in [-0.39, 0.29) is 5.56 Å². The first-order valence-corrected chi connectivity index (χ1v) is 8.85. The molecule has 0 unspecified atom stereocenters. The molecule has 5 aromatic heterocycles. The maximum absolute atomic E-state index is 12.9. The maximum Gasteiger partial charge on any atom is 0.280 e. The summed E-state index contributed by atoms with van der Waals surface area (Å²) in [5, 5.41) is 4.39. The molecule has 5 rings (SSSR count). The average molecular weight is 362 g/mol. The lowest BCUT2D eigenvalue weighted by Gasteiger charge is -2.05. The van der Waals surface area contributed by atoms with Crippen molar-refractivity contribution in [1.29, 1.82) is 0 Å². The molecule has 0 fully saturated rings. The molecule has 9 nitrogen and oxygen atoms in total. The van der Waals surface area contributed by atoms with Crippen LogP contribution in [0.15, 0.2) is 47.9 Å². The highest BCUT2D eigenvalue weighted by Gasteiger charge is 2.17. The van der Waals surface area contributed by atoms with Gasteiger partial charge in [-0.2, -0.15) is 5.10 Å². The third-order valence-electron chi connectivity index (χ3n) is 4.58. The number of aromatic amines is 2. The van der Waals surface area contributed by atoms with Gasteiger partial charge < -0.3 is 9.97 Å². The van der Waals surface area contributed by atoms with Gasteiger partial charge in [-0.3, -0.25) is 18.4 Å². The molecular weight excluding hydrogens is 344 g/mol. The van der Waals surface area contributed by atoms with Crippen LogP contribution >= 0.6 is 0 Å². The Kier molecular flexibility index (Phi) is 3.46. The zero-order valence-electron chi connectivity index (χ0n) is 14.8. The third-order valence-corrected chi connectivity index (χ3v) is 4.58. The highest BCUT2D eigenvalue weighted by molar-refractivity contribution is 5.77. The normalized spacial score (nSPS) is 11.7. The molecule has 0 spiro atoms. The monoisotopic (exact) mass is 362 g/mol. The number of nitrogens with one attached hydrogen (secondary N) is 2. The first kappa shape index (κ1) is 15.6. The SMILES string of the molecule is CCCn1c(=O)c2[nH]c(-c3cnn(Cc4ccc[nH]4)c3)nc2n2ccnc12. The van der Waals surface area contributed by atoms with E-state index < -0.39 is 0 Å². The average Bonchev–Trinajstić information content (AvgIpc) is 3.44. The summed E-state index contributed by atoms with van der Waals surface area (Å²) < 4.78 is 5.35. The molecule has 0 atom stereocenters. The number of imidazole rings is 2. The molecule has 0 aliphatic carbocycles. The summed E-state index contributed by atoms with van der Waals surface area (Å²) in [5.74, 6) is 1.22. The standard InChI is InChI=1S/C18H18N8O/c1-2-7-26-17(27)14-16(25-8-6-20-18(25)26)23-15(22-14)12-9-21-24(10-12)11-13-4-3-5-19-13/h3-6,8-10,19H,2,7,11H2,1H3,(H,22,23). The van der Waals surface area contributed by atoms with Crippen molar-refractivity contribution < 1.29 is 0 Å². The van der Waals surface area contributed by atoms with Crippen molar-refractivity contribution in [3.8, 4) is 11.4 Å². The second kappa shape index (κ2) is 5.97. The number of hydrogen-bond donors (Lipinski definition) is 2. The van der Waals surface area contributed by atoms with E-state index in [1.54, 1.807) is 17.0 Å². The molecule has 0 saturated carbocycles. The van der Waals surface area contributed by atoms with Crippen LogP contribution in [0.3, 0.4) is 0 Å². The zero-order valence-corrected chi connectivity index (χ0v) is 14.8. The van der Waals surface area contributed by atoms with Crippen molar-refractivity contribution >= 4 is 16.9 Å². The molecule has 0 aromatic carbocycles. The Bertz CT molecular complexity index is 1280. The summed E-state index contributed by atoms with van der Waals surface area (Å²) in [6.45, 7) is 3.28. The minimum Gasteiger partial charge on any atom is -0.363 e. The van der Waals surface area contributed by atoms with E-state index in [2.05, 4.69) is 25.0 Å². The minimum absolute atomic E-state index is 0.108. The maximum atomic E-state index is 12.9. The van der Waals surface area contributed by atoms with Gasteiger partial charge in [0.15, 0.2) is 11.2 Å². The fourth-order valence-corrected chi connectivity index (χ4v) is 3.35. The molecule has 0 radical (unpaired) electrons. The molecule has 0 bridgehead atoms. The number of aryl methyl sites for hydroxylation is 1. The quantitative estimate of drug-likeness (QED) is 0.499. The number of nitrogens with zero attached hydrogens (tertiary/aromatic N) is 6. The second-order valence-corrected chi connectivity index (χ2v) is 6.46. The summed E-state index contributed by atoms with van der Waals surface area (Å²) >= 11 is 0. The first-order chi connectivity index (χ1) is 13.2. The summed E-state index contributed by atoms with van der Waals surface area (Å²) in [6.07, 6.45) is 9.90. The molecule has 136 valence electrons. The van der Waals surface area contributed by atoms with Crippen LogP contribution in [0.25, 0.3) is 28.3 Å². The summed E-state index contributed by atoms with van der Waals surface area (Å²) in [7, 11) is 0. The van der Waals surface area contributed by atoms with Crippen LogP contribution in [0, 0.1) is 0 Å². The summed E-state index contributed by atoms with van der Waals surface area (Å²) in [4.78, 5) is 28.2. The van der Waals surface area contributed by atoms with Crippen molar-refractivity contribution in [1.82, 2.24) is 38.7 Å². The van der Waals surface area contributed by atoms with Crippen molar-refractivity contribution in [2.75, 3.05) is 0 Å². The predicted molar refractivity (Wildman–Crippen MR) is 101 cm³/mol. The Morgan fingerprint density at radius 2 is 2.22 bits per heavy atom. The fraction of sp³-hybridized carbons (Fsp3) is 0.222. The molecule has 9 heteroatoms. The van der Waals surface area contributed by atoms with Crippen molar-refractivity contribution in [2.24, 2.45) is 0 Å². The highest BCUT2D eigenvalue weighted by atomic mass is 16.1. The van der Waals surface area contributed by atoms with Gasteiger partial charge in [-0.25, -0.2) is 9.97 Å². The molecular formula is C18H18N8O. The van der Waals surface area contributed by atoms with Gasteiger partial charge in [-0.15, -0.1) is 0 Å². The number of H-pyrrole nitrogens is 2. The van der Waals surface area contributed by atoms with E-state index in [4.69, 9.17) is 0 Å². The molecule has 0 saturated heterocycles. The van der Waals surface area contributed by atoms with E-state index in [0.717, 1.165) is 17.7 Å². The third kappa shape index (κ3) is 2.47. The van der Waals surface area contributed by atoms with E-state index in [0.29, 0.717) is 35.9 Å². The Morgan fingerprint density at radius 1 is 1.30 bits per heavy atom. The van der Waals surface area contributed by atoms with Gasteiger partial charge in [0.2, 0.25) is 5.78 Å². The summed E-state index contributed by atoms with van der Waals surface area (Å²) in [6, 6.07) is 3.96. The van der Waals surface area contributed by atoms with Crippen LogP contribution in [0.5, 0.6) is 0 Å². The van der Waals surface area contributed by atoms with Crippen LogP contribution in [0.1, 0.15) is 19.0 Å². The van der Waals surface area contributed by atoms with Gasteiger partial charge in [0.05, 0.1) is 18.3 Å². The van der Waals surface area contributed by atoms with E-state index >= 15 is 0 Å². The van der Waals surface area contributed by atoms with E-state index in [1.165, 1.54) is 0 Å². The Hall–Kier alpha value is -3.62. The van der Waals surface area contributed by atoms with Gasteiger partial charge >= 0.3 is 0 Å². The van der Waals surface area contributed by atoms with Gasteiger partial charge in [0, 0.05) is 37.0 Å². The van der Waals surface area contributed by atoms with E-state index in [9.17, 15) is 4.79 Å². The lowest BCUT2D eigenvalue weighted by molar-refractivity contribution is 0.663. The summed E-state index contributed by atoms with van der Waals surface area (Å²) in [5.41, 5.74) is 2.83. The Labute approximate surface area is 153 Å². The van der Waals surface area contributed by atoms with Crippen molar-refractivity contribution in [2.45, 2.75) is 26.4 Å². The Morgan fingerprint density at radius 3 is 3.04 bits per heavy atom. The molecule has 2 N–H and O–H groups in total. The number of hydrogen-bond acceptors (Lipinski definition) is 4. The highest BCUT2D eigenvalue weighted by Crippen LogP contribution is 2.19. The number of rotatable bonds is 5. The lowest BCUT2D eigenvalue weighted by Crippen LogP contribution is -2.23. The minimum atomic E-state index is -0.108. The second-order valence-electron chi connectivity index (χ2n) is 6.46. The molecule has 0 aliphatic rings. The topological polar surface area (TPSA) is 102 Å². The van der Waals surface area contributed by atoms with Gasteiger partial charge in [0.25, 0.3) is 5.56 Å². The lowest BCUT2D eigenvalue weighted by atomic mass is 10.3. The van der Waals surface area contributed by atoms with Crippen LogP contribution in [-0.2, 0) is 13.1 Å². The Balaban J connectivity index is 1.62. The van der Waals surface area contributed by atoms with Crippen molar-refractivity contribution in [3.05, 3.63) is 59.2 Å². The number of fused-ring (bicyclic) bond motifs is 3. The fourth-order valence-electron chi connectivity index (χ4n) is 3.35. The first-order valence-electron chi connectivity index (χ1n) is 8.85. The number of aromatic nitrogens is 8. The molecule has 0 amide bonds. The zero-order chi connectivity index (χ0) is 18.4. The van der Waals surface area contributed by atoms with E-state index in [1.807, 2.05) is 46.7 Å². The van der Waals surface area contributed by atoms with Crippen LogP contribution < -0.4 is 5.56 Å². The van der Waals surface area contributed by atoms with Gasteiger partial charge in [0.1, 0.15) is 5.82 Å². The predicted octanol–water partition coefficient (Wildman–Crippen LogP) is 2.02. The van der Waals surface area contributed by atoms with Crippen LogP contribution in [0.2, 0.25) is 0 Å². The molecule has 0 aliphatic heterocycles. The van der Waals surface area contributed by atoms with Crippen LogP contribution in [-0.4, -0.2) is 38.7 Å². The molecule has 5 heterocycles. The van der Waals surface area contributed by atoms with Crippen molar-refractivity contribution in [3.63, 3.8) is 0 Å². The van der Waals surface area contributed by atoms with Gasteiger partial charge in [-0.1, -0.05) is 6.92 Å². The van der Waals surface area contributed by atoms with Gasteiger partial charge in [-0.05, 0) is 18.6 Å².